The Morgan fingerprint density at radius 3 is 1.98 bits per heavy atom. The summed E-state index contributed by atoms with van der Waals surface area (Å²) in [4.78, 5) is 5.16. The molecule has 3 nitrogen and oxygen atoms in total. The van der Waals surface area contributed by atoms with Crippen LogP contribution in [0.1, 0.15) is 16.8 Å². The lowest BCUT2D eigenvalue weighted by atomic mass is 9.99. The number of thiophene rings is 1. The molecular formula is C52H35N3S. The zero-order valence-electron chi connectivity index (χ0n) is 30.8. The zero-order valence-corrected chi connectivity index (χ0v) is 31.6. The highest BCUT2D eigenvalue weighted by Gasteiger charge is 2.19. The Bertz CT molecular complexity index is 3380. The summed E-state index contributed by atoms with van der Waals surface area (Å²) < 4.78 is 7.24. The average molecular weight is 734 g/mol. The van der Waals surface area contributed by atoms with Crippen molar-refractivity contribution in [1.29, 1.82) is 0 Å². The first-order chi connectivity index (χ1) is 27.7. The molecular weight excluding hydrogens is 699 g/mol. The summed E-state index contributed by atoms with van der Waals surface area (Å²) in [5.41, 5.74) is 14.9. The number of rotatable bonds is 6. The van der Waals surface area contributed by atoms with Crippen molar-refractivity contribution in [2.24, 2.45) is 0 Å². The summed E-state index contributed by atoms with van der Waals surface area (Å²) in [5.74, 6) is 0. The fourth-order valence-electron chi connectivity index (χ4n) is 8.69. The lowest BCUT2D eigenvalue weighted by Gasteiger charge is -2.13. The van der Waals surface area contributed by atoms with Crippen molar-refractivity contribution in [2.45, 2.75) is 6.92 Å². The Morgan fingerprint density at radius 2 is 1.20 bits per heavy atom. The van der Waals surface area contributed by atoms with Crippen LogP contribution in [-0.4, -0.2) is 14.1 Å². The third-order valence-electron chi connectivity index (χ3n) is 11.3. The van der Waals surface area contributed by atoms with Crippen LogP contribution in [0.2, 0.25) is 0 Å². The molecule has 0 aliphatic carbocycles. The van der Waals surface area contributed by atoms with Gasteiger partial charge < -0.3 is 9.13 Å². The predicted molar refractivity (Wildman–Crippen MR) is 240 cm³/mol. The van der Waals surface area contributed by atoms with Gasteiger partial charge in [0.15, 0.2) is 0 Å². The molecule has 0 aliphatic heterocycles. The van der Waals surface area contributed by atoms with E-state index in [1.54, 1.807) is 0 Å². The van der Waals surface area contributed by atoms with Crippen molar-refractivity contribution in [3.8, 4) is 22.5 Å². The van der Waals surface area contributed by atoms with Gasteiger partial charge in [-0.25, -0.2) is 4.98 Å². The van der Waals surface area contributed by atoms with E-state index >= 15 is 0 Å². The van der Waals surface area contributed by atoms with E-state index in [1.807, 2.05) is 17.4 Å². The minimum absolute atomic E-state index is 1.02. The molecule has 0 amide bonds. The first kappa shape index (κ1) is 32.4. The Balaban J connectivity index is 1.07. The van der Waals surface area contributed by atoms with Crippen LogP contribution in [0, 0.1) is 6.92 Å². The predicted octanol–water partition coefficient (Wildman–Crippen LogP) is 14.3. The third kappa shape index (κ3) is 4.93. The van der Waals surface area contributed by atoms with Gasteiger partial charge in [0, 0.05) is 48.6 Å². The smallest absolute Gasteiger partial charge is 0.0902 e. The third-order valence-corrected chi connectivity index (χ3v) is 12.5. The Labute approximate surface area is 328 Å². The summed E-state index contributed by atoms with van der Waals surface area (Å²) >= 11 is 1.83. The number of para-hydroxylation sites is 4. The van der Waals surface area contributed by atoms with Gasteiger partial charge >= 0.3 is 0 Å². The maximum absolute atomic E-state index is 5.16. The Hall–Kier alpha value is -7.01. The van der Waals surface area contributed by atoms with E-state index in [9.17, 15) is 0 Å². The van der Waals surface area contributed by atoms with E-state index in [1.165, 1.54) is 69.6 Å². The fourth-order valence-corrected chi connectivity index (χ4v) is 9.91. The lowest BCUT2D eigenvalue weighted by Crippen LogP contribution is -1.98. The highest BCUT2D eigenvalue weighted by Crippen LogP contribution is 2.43. The number of aromatic nitrogens is 3. The molecule has 4 heterocycles. The summed E-state index contributed by atoms with van der Waals surface area (Å²) in [6.07, 6.45) is 4.30. The number of fused-ring (bicyclic) bond motifs is 8. The van der Waals surface area contributed by atoms with Gasteiger partial charge in [0.25, 0.3) is 0 Å². The molecule has 11 rings (SSSR count). The standard InChI is InChI=1S/C52H35N3S/c1-3-34(36-27-30-47-43(31-36)40-18-9-13-23-46(40)54(47)37-15-5-4-6-16-37)32-48-33(2)39-17-8-12-22-45(39)55(48)38-28-25-35(26-29-38)50-41-19-7-11-21-44(41)53-51-42-20-10-14-24-49(42)56-52(50)51/h3-32H,1H2,2H3/b34-32+. The minimum Gasteiger partial charge on any atom is -0.310 e. The molecule has 0 unspecified atom stereocenters. The van der Waals surface area contributed by atoms with E-state index in [4.69, 9.17) is 4.98 Å². The number of benzene rings is 7. The molecule has 0 bridgehead atoms. The number of aryl methyl sites for hydroxylation is 1. The Morgan fingerprint density at radius 1 is 0.571 bits per heavy atom. The van der Waals surface area contributed by atoms with Crippen molar-refractivity contribution >= 4 is 86.9 Å². The van der Waals surface area contributed by atoms with Gasteiger partial charge in [-0.2, -0.15) is 0 Å². The first-order valence-electron chi connectivity index (χ1n) is 19.0. The number of allylic oxidation sites excluding steroid dienone is 2. The second-order valence-electron chi connectivity index (χ2n) is 14.4. The van der Waals surface area contributed by atoms with E-state index < -0.39 is 0 Å². The molecule has 11 aromatic rings. The summed E-state index contributed by atoms with van der Waals surface area (Å²) in [6.45, 7) is 6.57. The average Bonchev–Trinajstić information content (AvgIpc) is 3.89. The summed E-state index contributed by atoms with van der Waals surface area (Å²) in [7, 11) is 0. The second-order valence-corrected chi connectivity index (χ2v) is 15.5. The maximum atomic E-state index is 5.16. The molecule has 0 aliphatic rings. The monoisotopic (exact) mass is 733 g/mol. The number of pyridine rings is 1. The molecule has 0 atom stereocenters. The van der Waals surface area contributed by atoms with Gasteiger partial charge in [0.05, 0.1) is 38.0 Å². The molecule has 4 heteroatoms. The van der Waals surface area contributed by atoms with Gasteiger partial charge in [-0.15, -0.1) is 11.3 Å². The minimum atomic E-state index is 1.02. The molecule has 0 saturated carbocycles. The van der Waals surface area contributed by atoms with Gasteiger partial charge in [-0.1, -0.05) is 122 Å². The van der Waals surface area contributed by atoms with Crippen LogP contribution >= 0.6 is 11.3 Å². The van der Waals surface area contributed by atoms with Crippen molar-refractivity contribution in [3.63, 3.8) is 0 Å². The SMILES string of the molecule is C=C/C(=C\c1c(C)c2ccccc2n1-c1ccc(-c2c3ccccc3nc3c2sc2ccccc23)cc1)c1ccc2c(c1)c1ccccc1n2-c1ccccc1. The molecule has 0 spiro atoms. The van der Waals surface area contributed by atoms with Crippen LogP contribution in [-0.2, 0) is 0 Å². The van der Waals surface area contributed by atoms with Crippen molar-refractivity contribution in [2.75, 3.05) is 0 Å². The van der Waals surface area contributed by atoms with Gasteiger partial charge in [-0.3, -0.25) is 0 Å². The van der Waals surface area contributed by atoms with Crippen LogP contribution in [0.5, 0.6) is 0 Å². The highest BCUT2D eigenvalue weighted by molar-refractivity contribution is 7.26. The molecule has 0 radical (unpaired) electrons. The van der Waals surface area contributed by atoms with Crippen LogP contribution in [0.15, 0.2) is 183 Å². The van der Waals surface area contributed by atoms with Gasteiger partial charge in [0.2, 0.25) is 0 Å². The van der Waals surface area contributed by atoms with Crippen molar-refractivity contribution in [1.82, 2.24) is 14.1 Å². The van der Waals surface area contributed by atoms with E-state index in [0.717, 1.165) is 39.2 Å². The number of nitrogens with zero attached hydrogens (tertiary/aromatic N) is 3. The van der Waals surface area contributed by atoms with Crippen LogP contribution in [0.3, 0.4) is 0 Å². The van der Waals surface area contributed by atoms with Gasteiger partial charge in [-0.05, 0) is 95.9 Å². The first-order valence-corrected chi connectivity index (χ1v) is 19.8. The molecule has 56 heavy (non-hydrogen) atoms. The van der Waals surface area contributed by atoms with Gasteiger partial charge in [0.1, 0.15) is 0 Å². The molecule has 264 valence electrons. The largest absolute Gasteiger partial charge is 0.310 e. The fraction of sp³-hybridized carbons (Fsp3) is 0.0192. The molecule has 0 N–H and O–H groups in total. The van der Waals surface area contributed by atoms with Crippen LogP contribution in [0.25, 0.3) is 98.1 Å². The van der Waals surface area contributed by atoms with E-state index in [-0.39, 0.29) is 0 Å². The lowest BCUT2D eigenvalue weighted by molar-refractivity contribution is 1.10. The van der Waals surface area contributed by atoms with Crippen molar-refractivity contribution < 1.29 is 0 Å². The normalized spacial score (nSPS) is 12.2. The number of hydrogen-bond donors (Lipinski definition) is 0. The quantitative estimate of drug-likeness (QED) is 0.156. The molecule has 0 fully saturated rings. The van der Waals surface area contributed by atoms with E-state index in [0.29, 0.717) is 0 Å². The summed E-state index contributed by atoms with van der Waals surface area (Å²) in [6, 6.07) is 61.1. The molecule has 0 saturated heterocycles. The van der Waals surface area contributed by atoms with Crippen molar-refractivity contribution in [3.05, 3.63) is 199 Å². The maximum Gasteiger partial charge on any atom is 0.0902 e. The topological polar surface area (TPSA) is 22.8 Å². The molecule has 7 aromatic carbocycles. The summed E-state index contributed by atoms with van der Waals surface area (Å²) in [5, 5.41) is 6.07. The zero-order chi connectivity index (χ0) is 37.3. The van der Waals surface area contributed by atoms with Crippen LogP contribution in [0.4, 0.5) is 0 Å². The number of hydrogen-bond acceptors (Lipinski definition) is 2. The Kier molecular flexibility index (Phi) is 7.41. The highest BCUT2D eigenvalue weighted by atomic mass is 32.1. The van der Waals surface area contributed by atoms with E-state index in [2.05, 4.69) is 199 Å². The van der Waals surface area contributed by atoms with Crippen LogP contribution < -0.4 is 0 Å². The second kappa shape index (κ2) is 12.8. The molecule has 4 aromatic heterocycles.